The number of carbonyl (C=O) groups excluding carboxylic acids is 3. The number of sulfonamides is 1. The fourth-order valence-corrected chi connectivity index (χ4v) is 6.62. The summed E-state index contributed by atoms with van der Waals surface area (Å²) in [7, 11) is -4.18. The Labute approximate surface area is 231 Å². The molecule has 1 fully saturated rings. The average Bonchev–Trinajstić information content (AvgIpc) is 3.39. The molecule has 4 aromatic rings. The Balaban J connectivity index is 1.17. The van der Waals surface area contributed by atoms with Gasteiger partial charge in [-0.15, -0.1) is 11.3 Å². The second-order valence-electron chi connectivity index (χ2n) is 8.64. The summed E-state index contributed by atoms with van der Waals surface area (Å²) in [6.45, 7) is -1.17. The zero-order valence-electron chi connectivity index (χ0n) is 20.8. The molecule has 3 amide bonds. The van der Waals surface area contributed by atoms with Gasteiger partial charge < -0.3 is 9.64 Å². The highest BCUT2D eigenvalue weighted by Gasteiger charge is 2.37. The van der Waals surface area contributed by atoms with E-state index < -0.39 is 46.7 Å². The first kappa shape index (κ1) is 27.0. The number of benzene rings is 2. The van der Waals surface area contributed by atoms with E-state index >= 15 is 0 Å². The van der Waals surface area contributed by atoms with E-state index in [1.807, 2.05) is 6.07 Å². The number of hydrogen-bond donors (Lipinski definition) is 1. The Hall–Kier alpha value is -4.63. The first-order valence-corrected chi connectivity index (χ1v) is 14.2. The van der Waals surface area contributed by atoms with Gasteiger partial charge >= 0.3 is 11.8 Å². The van der Waals surface area contributed by atoms with Gasteiger partial charge in [0.2, 0.25) is 10.2 Å². The Morgan fingerprint density at radius 1 is 0.975 bits per heavy atom. The zero-order chi connectivity index (χ0) is 28.3. The van der Waals surface area contributed by atoms with Gasteiger partial charge in [0.25, 0.3) is 15.9 Å². The van der Waals surface area contributed by atoms with Crippen molar-refractivity contribution in [3.63, 3.8) is 0 Å². The van der Waals surface area contributed by atoms with Gasteiger partial charge in [0.15, 0.2) is 0 Å². The van der Waals surface area contributed by atoms with Crippen LogP contribution in [0, 0.1) is 0 Å². The van der Waals surface area contributed by atoms with Crippen LogP contribution in [0.25, 0.3) is 10.2 Å². The molecule has 13 nitrogen and oxygen atoms in total. The lowest BCUT2D eigenvalue weighted by Gasteiger charge is -2.33. The largest absolute Gasteiger partial charge is 0.444 e. The van der Waals surface area contributed by atoms with Crippen LogP contribution in [0.1, 0.15) is 5.56 Å². The van der Waals surface area contributed by atoms with E-state index in [0.717, 1.165) is 25.8 Å². The maximum atomic E-state index is 13.1. The molecule has 0 saturated carbocycles. The van der Waals surface area contributed by atoms with Crippen molar-refractivity contribution in [3.8, 4) is 0 Å². The van der Waals surface area contributed by atoms with Gasteiger partial charge in [-0.3, -0.25) is 19.5 Å². The third-order valence-corrected chi connectivity index (χ3v) is 9.15. The minimum Gasteiger partial charge on any atom is -0.444 e. The maximum absolute atomic E-state index is 13.1. The number of thiazole rings is 1. The molecule has 1 aliphatic heterocycles. The Kier molecular flexibility index (Phi) is 7.57. The van der Waals surface area contributed by atoms with Gasteiger partial charge in [-0.05, 0) is 23.8 Å². The topological polar surface area (TPSA) is 161 Å². The van der Waals surface area contributed by atoms with Gasteiger partial charge in [0.1, 0.15) is 25.5 Å². The number of ether oxygens (including phenoxy) is 1. The smallest absolute Gasteiger partial charge is 0.413 e. The number of nitrogens with one attached hydrogen (secondary N) is 1. The molecule has 2 aromatic heterocycles. The molecule has 0 bridgehead atoms. The number of amides is 3. The SMILES string of the molecule is O=C(Nc1ccn(CC(=O)N2CCN(S(=O)(=O)c3nc4ccccc4s3)C(=O)C2)c(=O)n1)OCc1ccccc1. The third-order valence-electron chi connectivity index (χ3n) is 5.94. The van der Waals surface area contributed by atoms with Crippen molar-refractivity contribution in [2.75, 3.05) is 25.0 Å². The fraction of sp³-hybridized carbons (Fsp3) is 0.200. The molecule has 0 unspecified atom stereocenters. The predicted octanol–water partition coefficient (Wildman–Crippen LogP) is 1.66. The highest BCUT2D eigenvalue weighted by atomic mass is 32.2. The number of anilines is 1. The molecular formula is C25H22N6O7S2. The first-order chi connectivity index (χ1) is 19.2. The summed E-state index contributed by atoms with van der Waals surface area (Å²) < 4.78 is 33.4. The predicted molar refractivity (Wildman–Crippen MR) is 144 cm³/mol. The molecule has 1 saturated heterocycles. The summed E-state index contributed by atoms with van der Waals surface area (Å²) in [6, 6.07) is 17.3. The summed E-state index contributed by atoms with van der Waals surface area (Å²) in [5, 5.41) is 2.35. The van der Waals surface area contributed by atoms with Crippen LogP contribution in [0.15, 0.2) is 76.0 Å². The van der Waals surface area contributed by atoms with Crippen LogP contribution in [-0.4, -0.2) is 69.7 Å². The van der Waals surface area contributed by atoms with Crippen molar-refractivity contribution >= 4 is 55.3 Å². The second kappa shape index (κ2) is 11.2. The first-order valence-electron chi connectivity index (χ1n) is 11.9. The Bertz CT molecular complexity index is 1720. The number of nitrogens with zero attached hydrogens (tertiary/aromatic N) is 5. The average molecular weight is 583 g/mol. The van der Waals surface area contributed by atoms with E-state index in [0.29, 0.717) is 10.2 Å². The molecule has 0 atom stereocenters. The molecule has 2 aromatic carbocycles. The molecule has 206 valence electrons. The number of hydrogen-bond acceptors (Lipinski definition) is 10. The van der Waals surface area contributed by atoms with E-state index in [9.17, 15) is 27.6 Å². The quantitative estimate of drug-likeness (QED) is 0.342. The molecule has 15 heteroatoms. The van der Waals surface area contributed by atoms with Crippen molar-refractivity contribution in [2.24, 2.45) is 0 Å². The molecule has 1 N–H and O–H groups in total. The minimum atomic E-state index is -4.18. The van der Waals surface area contributed by atoms with E-state index in [2.05, 4.69) is 15.3 Å². The Morgan fingerprint density at radius 2 is 1.73 bits per heavy atom. The number of rotatable bonds is 7. The summed E-state index contributed by atoms with van der Waals surface area (Å²) in [5.41, 5.74) is 0.488. The lowest BCUT2D eigenvalue weighted by atomic mass is 10.2. The highest BCUT2D eigenvalue weighted by molar-refractivity contribution is 7.91. The van der Waals surface area contributed by atoms with Crippen LogP contribution >= 0.6 is 11.3 Å². The van der Waals surface area contributed by atoms with Gasteiger partial charge in [0, 0.05) is 12.7 Å². The molecule has 40 heavy (non-hydrogen) atoms. The second-order valence-corrected chi connectivity index (χ2v) is 11.7. The van der Waals surface area contributed by atoms with Crippen molar-refractivity contribution in [1.29, 1.82) is 0 Å². The van der Waals surface area contributed by atoms with Crippen LogP contribution < -0.4 is 11.0 Å². The number of para-hydroxylation sites is 1. The number of fused-ring (bicyclic) bond motifs is 1. The zero-order valence-corrected chi connectivity index (χ0v) is 22.4. The standard InChI is InChI=1S/C25H22N6O7S2/c32-21(14-30-11-10-20(27-23(30)34)28-24(35)38-16-17-6-2-1-3-7-17)29-12-13-31(22(33)15-29)40(36,37)25-26-18-8-4-5-9-19(18)39-25/h1-11H,12-16H2,(H,27,28,34,35). The summed E-state index contributed by atoms with van der Waals surface area (Å²) in [4.78, 5) is 59.0. The fourth-order valence-electron chi connectivity index (χ4n) is 3.91. The van der Waals surface area contributed by atoms with E-state index in [1.54, 1.807) is 48.5 Å². The van der Waals surface area contributed by atoms with Crippen molar-refractivity contribution < 1.29 is 27.5 Å². The lowest BCUT2D eigenvalue weighted by Crippen LogP contribution is -2.54. The van der Waals surface area contributed by atoms with Crippen LogP contribution in [0.3, 0.4) is 0 Å². The molecule has 0 aliphatic carbocycles. The number of aromatic nitrogens is 3. The lowest BCUT2D eigenvalue weighted by molar-refractivity contribution is -0.142. The maximum Gasteiger partial charge on any atom is 0.413 e. The van der Waals surface area contributed by atoms with Crippen LogP contribution in [0.4, 0.5) is 10.6 Å². The van der Waals surface area contributed by atoms with Crippen molar-refractivity contribution in [2.45, 2.75) is 17.5 Å². The van der Waals surface area contributed by atoms with Crippen LogP contribution in [0.5, 0.6) is 0 Å². The monoisotopic (exact) mass is 582 g/mol. The summed E-state index contributed by atoms with van der Waals surface area (Å²) in [6.07, 6.45) is 0.470. The molecular weight excluding hydrogens is 560 g/mol. The molecule has 5 rings (SSSR count). The van der Waals surface area contributed by atoms with Crippen LogP contribution in [-0.2, 0) is 37.5 Å². The summed E-state index contributed by atoms with van der Waals surface area (Å²) in [5.74, 6) is -1.41. The molecule has 3 heterocycles. The van der Waals surface area contributed by atoms with Gasteiger partial charge in [0.05, 0.1) is 16.8 Å². The summed E-state index contributed by atoms with van der Waals surface area (Å²) >= 11 is 0.964. The van der Waals surface area contributed by atoms with Crippen molar-refractivity contribution in [1.82, 2.24) is 23.7 Å². The molecule has 0 spiro atoms. The van der Waals surface area contributed by atoms with Gasteiger partial charge in [-0.25, -0.2) is 18.9 Å². The van der Waals surface area contributed by atoms with Gasteiger partial charge in [-0.1, -0.05) is 42.5 Å². The number of carbonyl (C=O) groups is 3. The van der Waals surface area contributed by atoms with E-state index in [-0.39, 0.29) is 29.9 Å². The number of piperazine rings is 1. The van der Waals surface area contributed by atoms with Gasteiger partial charge in [-0.2, -0.15) is 13.4 Å². The minimum absolute atomic E-state index is 0.0339. The van der Waals surface area contributed by atoms with E-state index in [1.165, 1.54) is 17.2 Å². The Morgan fingerprint density at radius 3 is 2.45 bits per heavy atom. The molecule has 0 radical (unpaired) electrons. The highest BCUT2D eigenvalue weighted by Crippen LogP contribution is 2.28. The third kappa shape index (κ3) is 5.84. The van der Waals surface area contributed by atoms with Crippen molar-refractivity contribution in [3.05, 3.63) is 82.9 Å². The van der Waals surface area contributed by atoms with Crippen LogP contribution in [0.2, 0.25) is 0 Å². The van der Waals surface area contributed by atoms with E-state index in [4.69, 9.17) is 4.74 Å². The molecule has 1 aliphatic rings. The normalized spacial score (nSPS) is 13.8.